The van der Waals surface area contributed by atoms with E-state index in [0.29, 0.717) is 16.6 Å². The molecule has 7 heteroatoms. The second kappa shape index (κ2) is 5.01. The maximum absolute atomic E-state index is 12.2. The van der Waals surface area contributed by atoms with Crippen LogP contribution in [0.4, 0.5) is 0 Å². The first-order chi connectivity index (χ1) is 9.69. The van der Waals surface area contributed by atoms with Crippen LogP contribution in [0.25, 0.3) is 11.0 Å². The zero-order valence-electron chi connectivity index (χ0n) is 11.0. The van der Waals surface area contributed by atoms with E-state index in [4.69, 9.17) is 4.42 Å². The summed E-state index contributed by atoms with van der Waals surface area (Å²) < 4.78 is 7.06. The van der Waals surface area contributed by atoms with Gasteiger partial charge in [0.15, 0.2) is 5.76 Å². The molecule has 2 heterocycles. The Morgan fingerprint density at radius 3 is 2.90 bits per heavy atom. The van der Waals surface area contributed by atoms with Crippen molar-refractivity contribution in [2.24, 2.45) is 0 Å². The number of rotatable bonds is 3. The maximum atomic E-state index is 12.2. The van der Waals surface area contributed by atoms with E-state index in [1.165, 1.54) is 11.8 Å². The van der Waals surface area contributed by atoms with Crippen molar-refractivity contribution in [3.63, 3.8) is 0 Å². The fourth-order valence-corrected chi connectivity index (χ4v) is 2.34. The van der Waals surface area contributed by atoms with Gasteiger partial charge in [0.1, 0.15) is 11.4 Å². The van der Waals surface area contributed by atoms with E-state index >= 15 is 0 Å². The number of nitrogens with zero attached hydrogens (tertiary/aromatic N) is 3. The van der Waals surface area contributed by atoms with Gasteiger partial charge >= 0.3 is 5.91 Å². The van der Waals surface area contributed by atoms with Gasteiger partial charge < -0.3 is 4.42 Å². The van der Waals surface area contributed by atoms with Crippen LogP contribution in [-0.4, -0.2) is 27.0 Å². The summed E-state index contributed by atoms with van der Waals surface area (Å²) >= 11 is 1.40. The quantitative estimate of drug-likeness (QED) is 0.749. The smallest absolute Gasteiger partial charge is 0.305 e. The Bertz CT molecular complexity index is 745. The molecule has 0 saturated heterocycles. The van der Waals surface area contributed by atoms with Gasteiger partial charge in [0.05, 0.1) is 0 Å². The molecule has 0 fully saturated rings. The number of hydrogen-bond donors (Lipinski definition) is 1. The van der Waals surface area contributed by atoms with Gasteiger partial charge in [0.25, 0.3) is 0 Å². The van der Waals surface area contributed by atoms with Gasteiger partial charge in [0, 0.05) is 5.39 Å². The van der Waals surface area contributed by atoms with Crippen molar-refractivity contribution in [2.45, 2.75) is 12.1 Å². The van der Waals surface area contributed by atoms with E-state index in [1.807, 2.05) is 30.5 Å². The highest BCUT2D eigenvalue weighted by Crippen LogP contribution is 2.19. The molecular formula is C13H12N4O2S. The molecule has 1 amide bonds. The van der Waals surface area contributed by atoms with Crippen LogP contribution in [0.15, 0.2) is 39.9 Å². The summed E-state index contributed by atoms with van der Waals surface area (Å²) in [5.74, 6) is 0.532. The van der Waals surface area contributed by atoms with E-state index in [0.717, 1.165) is 5.39 Å². The van der Waals surface area contributed by atoms with Crippen molar-refractivity contribution in [2.75, 3.05) is 11.7 Å². The SMILES string of the molecule is CSc1nnc(C)n1NC(=O)c1cc2ccccc2o1. The minimum absolute atomic E-state index is 0.256. The summed E-state index contributed by atoms with van der Waals surface area (Å²) in [6.45, 7) is 1.77. The number of benzene rings is 1. The molecule has 1 aromatic carbocycles. The summed E-state index contributed by atoms with van der Waals surface area (Å²) in [6.07, 6.45) is 1.87. The second-order valence-corrected chi connectivity index (χ2v) is 4.93. The van der Waals surface area contributed by atoms with Gasteiger partial charge in [-0.2, -0.15) is 0 Å². The van der Waals surface area contributed by atoms with Gasteiger partial charge in [0.2, 0.25) is 5.16 Å². The highest BCUT2D eigenvalue weighted by molar-refractivity contribution is 7.98. The fraction of sp³-hybridized carbons (Fsp3) is 0.154. The van der Waals surface area contributed by atoms with Gasteiger partial charge in [-0.15, -0.1) is 10.2 Å². The van der Waals surface area contributed by atoms with Crippen LogP contribution < -0.4 is 5.43 Å². The van der Waals surface area contributed by atoms with Crippen LogP contribution >= 0.6 is 11.8 Å². The van der Waals surface area contributed by atoms with E-state index in [-0.39, 0.29) is 11.7 Å². The molecule has 3 aromatic rings. The summed E-state index contributed by atoms with van der Waals surface area (Å²) in [6, 6.07) is 9.19. The number of thioether (sulfide) groups is 1. The lowest BCUT2D eigenvalue weighted by atomic mass is 10.2. The lowest BCUT2D eigenvalue weighted by Crippen LogP contribution is -2.24. The van der Waals surface area contributed by atoms with Crippen molar-refractivity contribution in [1.29, 1.82) is 0 Å². The first kappa shape index (κ1) is 12.7. The number of aryl methyl sites for hydroxylation is 1. The lowest BCUT2D eigenvalue weighted by Gasteiger charge is -2.07. The number of aromatic nitrogens is 3. The zero-order chi connectivity index (χ0) is 14.1. The number of fused-ring (bicyclic) bond motifs is 1. The average molecular weight is 288 g/mol. The summed E-state index contributed by atoms with van der Waals surface area (Å²) in [5.41, 5.74) is 3.41. The number of amides is 1. The maximum Gasteiger partial charge on any atom is 0.305 e. The molecule has 0 saturated carbocycles. The Kier molecular flexibility index (Phi) is 3.19. The van der Waals surface area contributed by atoms with Crippen LogP contribution in [-0.2, 0) is 0 Å². The van der Waals surface area contributed by atoms with Gasteiger partial charge in [-0.25, -0.2) is 4.68 Å². The van der Waals surface area contributed by atoms with Crippen LogP contribution in [0.2, 0.25) is 0 Å². The number of furan rings is 1. The van der Waals surface area contributed by atoms with Crippen LogP contribution in [0, 0.1) is 6.92 Å². The minimum atomic E-state index is -0.334. The molecular weight excluding hydrogens is 276 g/mol. The third kappa shape index (κ3) is 2.16. The molecule has 20 heavy (non-hydrogen) atoms. The molecule has 6 nitrogen and oxygen atoms in total. The number of carbonyl (C=O) groups excluding carboxylic acids is 1. The van der Waals surface area contributed by atoms with Crippen molar-refractivity contribution in [1.82, 2.24) is 14.9 Å². The van der Waals surface area contributed by atoms with Crippen molar-refractivity contribution >= 4 is 28.6 Å². The molecule has 102 valence electrons. The van der Waals surface area contributed by atoms with Crippen LogP contribution in [0.5, 0.6) is 0 Å². The van der Waals surface area contributed by atoms with E-state index in [9.17, 15) is 4.79 Å². The molecule has 0 aliphatic heterocycles. The van der Waals surface area contributed by atoms with Crippen molar-refractivity contribution in [3.05, 3.63) is 41.9 Å². The highest BCUT2D eigenvalue weighted by atomic mass is 32.2. The Hall–Kier alpha value is -2.28. The molecule has 0 aliphatic rings. The molecule has 0 bridgehead atoms. The monoisotopic (exact) mass is 288 g/mol. The Balaban J connectivity index is 1.91. The van der Waals surface area contributed by atoms with Crippen LogP contribution in [0.3, 0.4) is 0 Å². The molecule has 0 unspecified atom stereocenters. The molecule has 1 N–H and O–H groups in total. The number of nitrogens with one attached hydrogen (secondary N) is 1. The highest BCUT2D eigenvalue weighted by Gasteiger charge is 2.15. The minimum Gasteiger partial charge on any atom is -0.451 e. The van der Waals surface area contributed by atoms with Crippen LogP contribution in [0.1, 0.15) is 16.4 Å². The molecule has 3 rings (SSSR count). The molecule has 0 radical (unpaired) electrons. The Morgan fingerprint density at radius 2 is 2.15 bits per heavy atom. The molecule has 2 aromatic heterocycles. The van der Waals surface area contributed by atoms with Crippen molar-refractivity contribution in [3.8, 4) is 0 Å². The number of hydrogen-bond acceptors (Lipinski definition) is 5. The molecule has 0 spiro atoms. The van der Waals surface area contributed by atoms with Gasteiger partial charge in [-0.3, -0.25) is 10.2 Å². The molecule has 0 atom stereocenters. The van der Waals surface area contributed by atoms with Gasteiger partial charge in [-0.1, -0.05) is 30.0 Å². The number of carbonyl (C=O) groups is 1. The Morgan fingerprint density at radius 1 is 1.35 bits per heavy atom. The average Bonchev–Trinajstić information content (AvgIpc) is 3.03. The van der Waals surface area contributed by atoms with Crippen molar-refractivity contribution < 1.29 is 9.21 Å². The largest absolute Gasteiger partial charge is 0.451 e. The number of para-hydroxylation sites is 1. The van der Waals surface area contributed by atoms with E-state index in [2.05, 4.69) is 15.6 Å². The summed E-state index contributed by atoms with van der Waals surface area (Å²) in [4.78, 5) is 12.2. The van der Waals surface area contributed by atoms with Gasteiger partial charge in [-0.05, 0) is 25.3 Å². The second-order valence-electron chi connectivity index (χ2n) is 4.16. The lowest BCUT2D eigenvalue weighted by molar-refractivity contribution is 0.0981. The van der Waals surface area contributed by atoms with E-state index in [1.54, 1.807) is 17.7 Å². The fourth-order valence-electron chi connectivity index (χ4n) is 1.85. The molecule has 0 aliphatic carbocycles. The standard InChI is InChI=1S/C13H12N4O2S/c1-8-14-15-13(20-2)17(8)16-12(18)11-7-9-5-3-4-6-10(9)19-11/h3-7H,1-2H3,(H,16,18). The third-order valence-electron chi connectivity index (χ3n) is 2.84. The topological polar surface area (TPSA) is 73.0 Å². The summed E-state index contributed by atoms with van der Waals surface area (Å²) in [5, 5.41) is 9.39. The first-order valence-electron chi connectivity index (χ1n) is 5.95. The third-order valence-corrected chi connectivity index (χ3v) is 3.47. The zero-order valence-corrected chi connectivity index (χ0v) is 11.8. The van der Waals surface area contributed by atoms with E-state index < -0.39 is 0 Å². The predicted octanol–water partition coefficient (Wildman–Crippen LogP) is 2.44. The first-order valence-corrected chi connectivity index (χ1v) is 7.17. The Labute approximate surface area is 119 Å². The summed E-state index contributed by atoms with van der Waals surface area (Å²) in [7, 11) is 0. The predicted molar refractivity (Wildman–Crippen MR) is 76.4 cm³/mol. The normalized spacial score (nSPS) is 10.9.